The topological polar surface area (TPSA) is 50.4 Å². The Morgan fingerprint density at radius 2 is 2.32 bits per heavy atom. The molecule has 2 rings (SSSR count). The Morgan fingerprint density at radius 1 is 1.53 bits per heavy atom. The average Bonchev–Trinajstić information content (AvgIpc) is 2.42. The number of ether oxygens (including phenoxy) is 1. The second kappa shape index (κ2) is 6.39. The third kappa shape index (κ3) is 3.48. The van der Waals surface area contributed by atoms with Gasteiger partial charge in [0.15, 0.2) is 0 Å². The lowest BCUT2D eigenvalue weighted by Gasteiger charge is -2.23. The molecule has 19 heavy (non-hydrogen) atoms. The first-order valence-corrected chi connectivity index (χ1v) is 7.27. The van der Waals surface area contributed by atoms with Gasteiger partial charge in [-0.15, -0.1) is 0 Å². The molecule has 1 aromatic rings. The number of amides is 1. The van der Waals surface area contributed by atoms with E-state index in [4.69, 9.17) is 4.74 Å². The van der Waals surface area contributed by atoms with Crippen LogP contribution < -0.4 is 15.4 Å². The van der Waals surface area contributed by atoms with E-state index in [1.54, 1.807) is 7.11 Å². The number of nitrogens with one attached hydrogen (secondary N) is 2. The van der Waals surface area contributed by atoms with Crippen molar-refractivity contribution in [1.82, 2.24) is 5.32 Å². The first-order chi connectivity index (χ1) is 9.11. The molecule has 0 aromatic heterocycles. The Morgan fingerprint density at radius 3 is 2.95 bits per heavy atom. The van der Waals surface area contributed by atoms with Crippen molar-refractivity contribution < 1.29 is 9.53 Å². The van der Waals surface area contributed by atoms with E-state index >= 15 is 0 Å². The van der Waals surface area contributed by atoms with Crippen molar-refractivity contribution in [2.24, 2.45) is 5.92 Å². The largest absolute Gasteiger partial charge is 0.495 e. The number of anilines is 1. The smallest absolute Gasteiger partial charge is 0.228 e. The molecule has 2 N–H and O–H groups in total. The molecule has 1 aliphatic rings. The summed E-state index contributed by atoms with van der Waals surface area (Å²) in [6.45, 7) is 3.72. The first kappa shape index (κ1) is 14.3. The molecule has 4 nitrogen and oxygen atoms in total. The van der Waals surface area contributed by atoms with Gasteiger partial charge in [0.2, 0.25) is 5.91 Å². The van der Waals surface area contributed by atoms with Gasteiger partial charge in [-0.25, -0.2) is 0 Å². The number of hydrogen-bond donors (Lipinski definition) is 2. The van der Waals surface area contributed by atoms with Gasteiger partial charge in [-0.1, -0.05) is 15.9 Å². The zero-order valence-corrected chi connectivity index (χ0v) is 12.8. The maximum Gasteiger partial charge on any atom is 0.228 e. The number of rotatable bonds is 3. The third-order valence-electron chi connectivity index (χ3n) is 3.40. The number of aryl methyl sites for hydroxylation is 1. The number of carbonyl (C=O) groups excluding carboxylic acids is 1. The summed E-state index contributed by atoms with van der Waals surface area (Å²) >= 11 is 3.43. The number of hydrogen-bond acceptors (Lipinski definition) is 3. The molecule has 1 heterocycles. The highest BCUT2D eigenvalue weighted by Gasteiger charge is 2.22. The minimum Gasteiger partial charge on any atom is -0.495 e. The summed E-state index contributed by atoms with van der Waals surface area (Å²) in [5, 5.41) is 6.26. The van der Waals surface area contributed by atoms with Crippen LogP contribution in [0.5, 0.6) is 5.75 Å². The molecule has 0 spiro atoms. The molecule has 1 aromatic carbocycles. The van der Waals surface area contributed by atoms with Crippen LogP contribution >= 0.6 is 15.9 Å². The second-order valence-electron chi connectivity index (χ2n) is 4.83. The van der Waals surface area contributed by atoms with Gasteiger partial charge in [0.05, 0.1) is 18.7 Å². The SMILES string of the molecule is COc1cc(Br)cc(C)c1NC(=O)C1CCCNC1. The van der Waals surface area contributed by atoms with Gasteiger partial charge in [0, 0.05) is 11.0 Å². The highest BCUT2D eigenvalue weighted by atomic mass is 79.9. The van der Waals surface area contributed by atoms with Gasteiger partial charge in [-0.3, -0.25) is 4.79 Å². The Hall–Kier alpha value is -1.07. The Bertz CT molecular complexity index is 471. The molecule has 104 valence electrons. The van der Waals surface area contributed by atoms with Gasteiger partial charge in [-0.05, 0) is 44.0 Å². The number of halogens is 1. The molecule has 0 aliphatic carbocycles. The zero-order valence-electron chi connectivity index (χ0n) is 11.3. The minimum atomic E-state index is 0.0431. The molecular formula is C14H19BrN2O2. The number of piperidine rings is 1. The first-order valence-electron chi connectivity index (χ1n) is 6.47. The van der Waals surface area contributed by atoms with Crippen LogP contribution in [0.3, 0.4) is 0 Å². The van der Waals surface area contributed by atoms with E-state index in [-0.39, 0.29) is 11.8 Å². The summed E-state index contributed by atoms with van der Waals surface area (Å²) in [5.41, 5.74) is 1.75. The maximum absolute atomic E-state index is 12.3. The lowest BCUT2D eigenvalue weighted by Crippen LogP contribution is -2.37. The van der Waals surface area contributed by atoms with Gasteiger partial charge in [-0.2, -0.15) is 0 Å². The highest BCUT2D eigenvalue weighted by molar-refractivity contribution is 9.10. The van der Waals surface area contributed by atoms with Crippen LogP contribution in [0.2, 0.25) is 0 Å². The van der Waals surface area contributed by atoms with E-state index in [0.717, 1.165) is 41.7 Å². The Kier molecular flexibility index (Phi) is 4.82. The van der Waals surface area contributed by atoms with E-state index in [0.29, 0.717) is 5.75 Å². The number of benzene rings is 1. The monoisotopic (exact) mass is 326 g/mol. The van der Waals surface area contributed by atoms with Crippen molar-refractivity contribution in [2.75, 3.05) is 25.5 Å². The van der Waals surface area contributed by atoms with Crippen LogP contribution in [0.15, 0.2) is 16.6 Å². The summed E-state index contributed by atoms with van der Waals surface area (Å²) < 4.78 is 6.28. The van der Waals surface area contributed by atoms with Gasteiger partial charge < -0.3 is 15.4 Å². The summed E-state index contributed by atoms with van der Waals surface area (Å²) in [6.07, 6.45) is 1.99. The molecule has 1 saturated heterocycles. The van der Waals surface area contributed by atoms with Crippen molar-refractivity contribution in [3.05, 3.63) is 22.2 Å². The van der Waals surface area contributed by atoms with E-state index in [2.05, 4.69) is 26.6 Å². The normalized spacial score (nSPS) is 19.0. The van der Waals surface area contributed by atoms with E-state index in [9.17, 15) is 4.79 Å². The van der Waals surface area contributed by atoms with Crippen LogP contribution in [0, 0.1) is 12.8 Å². The summed E-state index contributed by atoms with van der Waals surface area (Å²) in [5.74, 6) is 0.793. The van der Waals surface area contributed by atoms with E-state index in [1.807, 2.05) is 19.1 Å². The van der Waals surface area contributed by atoms with E-state index < -0.39 is 0 Å². The molecular weight excluding hydrogens is 308 g/mol. The van der Waals surface area contributed by atoms with Crippen molar-refractivity contribution in [3.63, 3.8) is 0 Å². The molecule has 1 amide bonds. The van der Waals surface area contributed by atoms with Gasteiger partial charge >= 0.3 is 0 Å². The lowest BCUT2D eigenvalue weighted by atomic mass is 9.98. The molecule has 1 unspecified atom stereocenters. The lowest BCUT2D eigenvalue weighted by molar-refractivity contribution is -0.120. The van der Waals surface area contributed by atoms with Crippen LogP contribution in [0.25, 0.3) is 0 Å². The van der Waals surface area contributed by atoms with Crippen molar-refractivity contribution >= 4 is 27.5 Å². The third-order valence-corrected chi connectivity index (χ3v) is 3.86. The molecule has 1 atom stereocenters. The fraction of sp³-hybridized carbons (Fsp3) is 0.500. The summed E-state index contributed by atoms with van der Waals surface area (Å²) in [7, 11) is 1.61. The fourth-order valence-corrected chi connectivity index (χ4v) is 2.89. The van der Waals surface area contributed by atoms with Crippen LogP contribution in [0.4, 0.5) is 5.69 Å². The molecule has 0 radical (unpaired) electrons. The number of methoxy groups -OCH3 is 1. The fourth-order valence-electron chi connectivity index (χ4n) is 2.33. The summed E-state index contributed by atoms with van der Waals surface area (Å²) in [4.78, 5) is 12.3. The minimum absolute atomic E-state index is 0.0431. The molecule has 5 heteroatoms. The van der Waals surface area contributed by atoms with Crippen LogP contribution in [-0.4, -0.2) is 26.1 Å². The molecule has 0 saturated carbocycles. The highest BCUT2D eigenvalue weighted by Crippen LogP contribution is 2.32. The summed E-state index contributed by atoms with van der Waals surface area (Å²) in [6, 6.07) is 3.83. The van der Waals surface area contributed by atoms with Crippen molar-refractivity contribution in [2.45, 2.75) is 19.8 Å². The molecule has 1 fully saturated rings. The quantitative estimate of drug-likeness (QED) is 0.897. The predicted molar refractivity (Wildman–Crippen MR) is 79.7 cm³/mol. The van der Waals surface area contributed by atoms with Crippen LogP contribution in [-0.2, 0) is 4.79 Å². The predicted octanol–water partition coefficient (Wildman–Crippen LogP) is 2.70. The van der Waals surface area contributed by atoms with Gasteiger partial charge in [0.1, 0.15) is 5.75 Å². The molecule has 0 bridgehead atoms. The van der Waals surface area contributed by atoms with Gasteiger partial charge in [0.25, 0.3) is 0 Å². The second-order valence-corrected chi connectivity index (χ2v) is 5.75. The van der Waals surface area contributed by atoms with Crippen molar-refractivity contribution in [1.29, 1.82) is 0 Å². The van der Waals surface area contributed by atoms with Crippen LogP contribution in [0.1, 0.15) is 18.4 Å². The zero-order chi connectivity index (χ0) is 13.8. The number of carbonyl (C=O) groups is 1. The van der Waals surface area contributed by atoms with E-state index in [1.165, 1.54) is 0 Å². The van der Waals surface area contributed by atoms with Crippen molar-refractivity contribution in [3.8, 4) is 5.75 Å². The standard InChI is InChI=1S/C14H19BrN2O2/c1-9-6-11(15)7-12(19-2)13(9)17-14(18)10-4-3-5-16-8-10/h6-7,10,16H,3-5,8H2,1-2H3,(H,17,18). The Balaban J connectivity index is 2.15. The maximum atomic E-state index is 12.3. The average molecular weight is 327 g/mol. The Labute approximate surface area is 122 Å². The molecule has 1 aliphatic heterocycles.